The maximum atomic E-state index is 12.9. The van der Waals surface area contributed by atoms with Crippen LogP contribution in [0.25, 0.3) is 10.9 Å². The topological polar surface area (TPSA) is 70.5 Å². The molecule has 2 aromatic rings. The van der Waals surface area contributed by atoms with E-state index in [1.165, 1.54) is 4.31 Å². The highest BCUT2D eigenvalue weighted by atomic mass is 32.2. The van der Waals surface area contributed by atoms with Gasteiger partial charge in [0.2, 0.25) is 10.0 Å². The van der Waals surface area contributed by atoms with E-state index in [1.54, 1.807) is 30.5 Å². The first-order valence-electron chi connectivity index (χ1n) is 7.03. The molecule has 0 spiro atoms. The highest BCUT2D eigenvalue weighted by molar-refractivity contribution is 7.89. The summed E-state index contributed by atoms with van der Waals surface area (Å²) >= 11 is 0. The van der Waals surface area contributed by atoms with E-state index in [0.717, 1.165) is 18.4 Å². The Kier molecular flexibility index (Phi) is 3.69. The lowest BCUT2D eigenvalue weighted by molar-refractivity contribution is 0.250. The fourth-order valence-electron chi connectivity index (χ4n) is 2.60. The van der Waals surface area contributed by atoms with Gasteiger partial charge in [0.25, 0.3) is 0 Å². The van der Waals surface area contributed by atoms with Gasteiger partial charge in [-0.2, -0.15) is 4.31 Å². The lowest BCUT2D eigenvalue weighted by atomic mass is 10.1. The van der Waals surface area contributed by atoms with Crippen LogP contribution in [0.1, 0.15) is 18.4 Å². The molecule has 112 valence electrons. The Balaban J connectivity index is 2.17. The molecule has 1 fully saturated rings. The molecule has 0 saturated heterocycles. The second kappa shape index (κ2) is 5.36. The molecule has 1 aliphatic carbocycles. The zero-order valence-electron chi connectivity index (χ0n) is 11.9. The molecular formula is C15H18N2O3S. The fraction of sp³-hybridized carbons (Fsp3) is 0.400. The van der Waals surface area contributed by atoms with Crippen molar-refractivity contribution in [3.05, 3.63) is 36.0 Å². The number of pyridine rings is 1. The van der Waals surface area contributed by atoms with Gasteiger partial charge < -0.3 is 5.11 Å². The molecular weight excluding hydrogens is 288 g/mol. The van der Waals surface area contributed by atoms with Crippen molar-refractivity contribution < 1.29 is 13.5 Å². The Bertz CT molecular complexity index is 770. The van der Waals surface area contributed by atoms with E-state index < -0.39 is 10.0 Å². The van der Waals surface area contributed by atoms with Gasteiger partial charge in [-0.05, 0) is 43.5 Å². The van der Waals surface area contributed by atoms with Gasteiger partial charge in [-0.1, -0.05) is 6.07 Å². The molecule has 1 aromatic heterocycles. The van der Waals surface area contributed by atoms with E-state index in [-0.39, 0.29) is 24.1 Å². The number of nitrogens with zero attached hydrogens (tertiary/aromatic N) is 2. The SMILES string of the molecule is Cc1ccc(S(=O)(=O)N(CCO)C2CC2)c2cccnc12. The number of aromatic nitrogens is 1. The number of rotatable bonds is 5. The molecule has 1 aromatic carbocycles. The first-order valence-corrected chi connectivity index (χ1v) is 8.47. The molecule has 6 heteroatoms. The monoisotopic (exact) mass is 306 g/mol. The van der Waals surface area contributed by atoms with E-state index in [4.69, 9.17) is 5.11 Å². The lowest BCUT2D eigenvalue weighted by Crippen LogP contribution is -2.35. The summed E-state index contributed by atoms with van der Waals surface area (Å²) in [7, 11) is -3.61. The van der Waals surface area contributed by atoms with E-state index in [0.29, 0.717) is 10.9 Å². The maximum Gasteiger partial charge on any atom is 0.244 e. The Hall–Kier alpha value is -1.50. The summed E-state index contributed by atoms with van der Waals surface area (Å²) < 4.78 is 27.3. The standard InChI is InChI=1S/C15H18N2O3S/c1-11-4-7-14(13-3-2-8-16-15(11)13)21(19,20)17(9-10-18)12-5-6-12/h2-4,7-8,12,18H,5-6,9-10H2,1H3. The minimum atomic E-state index is -3.61. The van der Waals surface area contributed by atoms with Crippen LogP contribution < -0.4 is 0 Å². The smallest absolute Gasteiger partial charge is 0.244 e. The number of fused-ring (bicyclic) bond motifs is 1. The third kappa shape index (κ3) is 2.54. The molecule has 0 aliphatic heterocycles. The Morgan fingerprint density at radius 3 is 2.76 bits per heavy atom. The summed E-state index contributed by atoms with van der Waals surface area (Å²) in [5, 5.41) is 9.80. The molecule has 0 unspecified atom stereocenters. The van der Waals surface area contributed by atoms with Crippen LogP contribution in [0.4, 0.5) is 0 Å². The molecule has 3 rings (SSSR count). The van der Waals surface area contributed by atoms with Gasteiger partial charge in [-0.3, -0.25) is 4.98 Å². The van der Waals surface area contributed by atoms with Gasteiger partial charge in [0.15, 0.2) is 0 Å². The number of aliphatic hydroxyl groups excluding tert-OH is 1. The largest absolute Gasteiger partial charge is 0.395 e. The van der Waals surface area contributed by atoms with E-state index in [2.05, 4.69) is 4.98 Å². The van der Waals surface area contributed by atoms with Crippen LogP contribution in [-0.2, 0) is 10.0 Å². The van der Waals surface area contributed by atoms with Gasteiger partial charge in [0, 0.05) is 24.2 Å². The van der Waals surface area contributed by atoms with Crippen LogP contribution in [0.15, 0.2) is 35.4 Å². The Morgan fingerprint density at radius 2 is 2.10 bits per heavy atom. The molecule has 21 heavy (non-hydrogen) atoms. The van der Waals surface area contributed by atoms with Gasteiger partial charge in [-0.15, -0.1) is 0 Å². The Labute approximate surface area is 124 Å². The molecule has 1 N–H and O–H groups in total. The number of aliphatic hydroxyl groups is 1. The van der Waals surface area contributed by atoms with Crippen LogP contribution in [0, 0.1) is 6.92 Å². The highest BCUT2D eigenvalue weighted by Gasteiger charge is 2.38. The predicted octanol–water partition coefficient (Wildman–Crippen LogP) is 1.69. The van der Waals surface area contributed by atoms with E-state index in [9.17, 15) is 8.42 Å². The molecule has 0 amide bonds. The predicted molar refractivity (Wildman–Crippen MR) is 80.5 cm³/mol. The van der Waals surface area contributed by atoms with Crippen molar-refractivity contribution in [2.75, 3.05) is 13.2 Å². The summed E-state index contributed by atoms with van der Waals surface area (Å²) in [6.07, 6.45) is 3.39. The van der Waals surface area contributed by atoms with Crippen LogP contribution >= 0.6 is 0 Å². The van der Waals surface area contributed by atoms with Crippen LogP contribution in [0.2, 0.25) is 0 Å². The minimum absolute atomic E-state index is 0.0233. The number of aryl methyl sites for hydroxylation is 1. The quantitative estimate of drug-likeness (QED) is 0.912. The molecule has 1 saturated carbocycles. The van der Waals surface area contributed by atoms with Gasteiger partial charge in [0.05, 0.1) is 17.0 Å². The van der Waals surface area contributed by atoms with Crippen LogP contribution in [0.5, 0.6) is 0 Å². The van der Waals surface area contributed by atoms with Gasteiger partial charge in [-0.25, -0.2) is 8.42 Å². The third-order valence-electron chi connectivity index (χ3n) is 3.79. The summed E-state index contributed by atoms with van der Waals surface area (Å²) in [4.78, 5) is 4.56. The lowest BCUT2D eigenvalue weighted by Gasteiger charge is -2.22. The van der Waals surface area contributed by atoms with Gasteiger partial charge >= 0.3 is 0 Å². The number of benzene rings is 1. The fourth-order valence-corrected chi connectivity index (χ4v) is 4.46. The van der Waals surface area contributed by atoms with Crippen molar-refractivity contribution in [1.82, 2.24) is 9.29 Å². The van der Waals surface area contributed by atoms with Crippen molar-refractivity contribution in [2.24, 2.45) is 0 Å². The van der Waals surface area contributed by atoms with Crippen molar-refractivity contribution in [2.45, 2.75) is 30.7 Å². The number of hydrogen-bond acceptors (Lipinski definition) is 4. The van der Waals surface area contributed by atoms with Crippen molar-refractivity contribution >= 4 is 20.9 Å². The van der Waals surface area contributed by atoms with Crippen molar-refractivity contribution in [3.8, 4) is 0 Å². The summed E-state index contributed by atoms with van der Waals surface area (Å²) in [6, 6.07) is 6.98. The molecule has 1 aliphatic rings. The normalized spacial score (nSPS) is 15.8. The average molecular weight is 306 g/mol. The maximum absolute atomic E-state index is 12.9. The van der Waals surface area contributed by atoms with Crippen molar-refractivity contribution in [3.63, 3.8) is 0 Å². The molecule has 0 bridgehead atoms. The van der Waals surface area contributed by atoms with E-state index >= 15 is 0 Å². The Morgan fingerprint density at radius 1 is 1.33 bits per heavy atom. The summed E-state index contributed by atoms with van der Waals surface area (Å²) in [6.45, 7) is 1.89. The molecule has 0 atom stereocenters. The number of hydrogen-bond donors (Lipinski definition) is 1. The van der Waals surface area contributed by atoms with Gasteiger partial charge in [0.1, 0.15) is 0 Å². The zero-order chi connectivity index (χ0) is 15.0. The molecule has 1 heterocycles. The third-order valence-corrected chi connectivity index (χ3v) is 5.80. The summed E-state index contributed by atoms with van der Waals surface area (Å²) in [5.41, 5.74) is 1.66. The zero-order valence-corrected chi connectivity index (χ0v) is 12.7. The minimum Gasteiger partial charge on any atom is -0.395 e. The second-order valence-electron chi connectivity index (χ2n) is 5.35. The first kappa shape index (κ1) is 14.4. The second-order valence-corrected chi connectivity index (χ2v) is 7.21. The van der Waals surface area contributed by atoms with Crippen LogP contribution in [-0.4, -0.2) is 42.0 Å². The first-order chi connectivity index (χ1) is 10.1. The molecule has 0 radical (unpaired) electrons. The highest BCUT2D eigenvalue weighted by Crippen LogP contribution is 2.34. The summed E-state index contributed by atoms with van der Waals surface area (Å²) in [5.74, 6) is 0. The van der Waals surface area contributed by atoms with Crippen LogP contribution in [0.3, 0.4) is 0 Å². The molecule has 5 nitrogen and oxygen atoms in total. The van der Waals surface area contributed by atoms with E-state index in [1.807, 2.05) is 6.92 Å². The average Bonchev–Trinajstić information content (AvgIpc) is 3.29. The van der Waals surface area contributed by atoms with Crippen molar-refractivity contribution in [1.29, 1.82) is 0 Å². The number of sulfonamides is 1.